The fourth-order valence-electron chi connectivity index (χ4n) is 4.01. The van der Waals surface area contributed by atoms with Crippen LogP contribution in [0.25, 0.3) is 0 Å². The van der Waals surface area contributed by atoms with Gasteiger partial charge in [0.25, 0.3) is 5.91 Å². The molecule has 0 radical (unpaired) electrons. The van der Waals surface area contributed by atoms with Crippen molar-refractivity contribution >= 4 is 11.8 Å². The summed E-state index contributed by atoms with van der Waals surface area (Å²) < 4.78 is 0. The fourth-order valence-corrected chi connectivity index (χ4v) is 4.01. The molecule has 0 unspecified atom stereocenters. The Bertz CT molecular complexity index is 637. The molecule has 1 aliphatic carbocycles. The summed E-state index contributed by atoms with van der Waals surface area (Å²) in [7, 11) is 1.64. The number of likely N-dealkylation sites (tertiary alicyclic amines) is 1. The number of benzene rings is 1. The number of carbonyl (C=O) groups excluding carboxylic acids is 2. The van der Waals surface area contributed by atoms with Gasteiger partial charge in [0.2, 0.25) is 5.91 Å². The second-order valence-electron chi connectivity index (χ2n) is 8.12. The molecule has 1 saturated carbocycles. The van der Waals surface area contributed by atoms with E-state index in [9.17, 15) is 9.59 Å². The van der Waals surface area contributed by atoms with Crippen molar-refractivity contribution in [3.63, 3.8) is 0 Å². The average Bonchev–Trinajstić information content (AvgIpc) is 2.95. The molecule has 5 nitrogen and oxygen atoms in total. The van der Waals surface area contributed by atoms with Crippen molar-refractivity contribution in [1.29, 1.82) is 0 Å². The van der Waals surface area contributed by atoms with Crippen LogP contribution in [-0.4, -0.2) is 42.9 Å². The largest absolute Gasteiger partial charge is 0.355 e. The zero-order valence-electron chi connectivity index (χ0n) is 16.1. The van der Waals surface area contributed by atoms with Gasteiger partial charge in [-0.05, 0) is 42.4 Å². The molecule has 1 aromatic carbocycles. The molecule has 1 saturated heterocycles. The van der Waals surface area contributed by atoms with Crippen LogP contribution in [0.4, 0.5) is 0 Å². The van der Waals surface area contributed by atoms with Gasteiger partial charge in [0.1, 0.15) is 0 Å². The first-order chi connectivity index (χ1) is 12.5. The molecule has 1 aromatic rings. The third-order valence-corrected chi connectivity index (χ3v) is 5.95. The first kappa shape index (κ1) is 18.9. The highest BCUT2D eigenvalue weighted by Crippen LogP contribution is 2.29. The van der Waals surface area contributed by atoms with Gasteiger partial charge in [-0.3, -0.25) is 14.5 Å². The minimum Gasteiger partial charge on any atom is -0.355 e. The lowest BCUT2D eigenvalue weighted by molar-refractivity contribution is -0.128. The van der Waals surface area contributed by atoms with E-state index in [2.05, 4.69) is 29.4 Å². The molecule has 2 atom stereocenters. The number of rotatable bonds is 6. The topological polar surface area (TPSA) is 61.4 Å². The van der Waals surface area contributed by atoms with E-state index in [0.29, 0.717) is 17.4 Å². The third kappa shape index (κ3) is 4.26. The van der Waals surface area contributed by atoms with E-state index >= 15 is 0 Å². The second-order valence-corrected chi connectivity index (χ2v) is 8.12. The number of hydrogen-bond acceptors (Lipinski definition) is 3. The van der Waals surface area contributed by atoms with E-state index < -0.39 is 0 Å². The Morgan fingerprint density at radius 2 is 1.85 bits per heavy atom. The van der Waals surface area contributed by atoms with Gasteiger partial charge in [-0.2, -0.15) is 0 Å². The van der Waals surface area contributed by atoms with E-state index in [-0.39, 0.29) is 23.8 Å². The number of carbonyl (C=O) groups is 2. The lowest BCUT2D eigenvalue weighted by atomic mass is 9.84. The number of hydrogen-bond donors (Lipinski definition) is 2. The van der Waals surface area contributed by atoms with Crippen molar-refractivity contribution in [2.24, 2.45) is 17.8 Å². The highest BCUT2D eigenvalue weighted by Gasteiger charge is 2.37. The maximum absolute atomic E-state index is 12.4. The molecule has 0 spiro atoms. The van der Waals surface area contributed by atoms with E-state index in [0.717, 1.165) is 32.5 Å². The van der Waals surface area contributed by atoms with Crippen LogP contribution in [0.3, 0.4) is 0 Å². The van der Waals surface area contributed by atoms with Gasteiger partial charge in [-0.25, -0.2) is 0 Å². The zero-order valence-corrected chi connectivity index (χ0v) is 16.1. The first-order valence-corrected chi connectivity index (χ1v) is 9.81. The van der Waals surface area contributed by atoms with Crippen LogP contribution in [0.1, 0.15) is 49.0 Å². The number of nitrogens with one attached hydrogen (secondary N) is 2. The van der Waals surface area contributed by atoms with Crippen LogP contribution in [0.15, 0.2) is 24.3 Å². The van der Waals surface area contributed by atoms with Crippen molar-refractivity contribution in [1.82, 2.24) is 15.5 Å². The molecular weight excluding hydrogens is 326 g/mol. The van der Waals surface area contributed by atoms with Crippen molar-refractivity contribution in [3.8, 4) is 0 Å². The minimum absolute atomic E-state index is 0.0589. The molecule has 3 rings (SSSR count). The number of amides is 2. The summed E-state index contributed by atoms with van der Waals surface area (Å²) in [4.78, 5) is 26.5. The average molecular weight is 357 g/mol. The number of nitrogens with zero attached hydrogens (tertiary/aromatic N) is 1. The lowest BCUT2D eigenvalue weighted by Gasteiger charge is -2.29. The van der Waals surface area contributed by atoms with E-state index in [1.807, 2.05) is 24.3 Å². The Labute approximate surface area is 156 Å². The minimum atomic E-state index is -0.0589. The van der Waals surface area contributed by atoms with Crippen LogP contribution in [0, 0.1) is 17.8 Å². The summed E-state index contributed by atoms with van der Waals surface area (Å²) in [5.74, 6) is 1.47. The van der Waals surface area contributed by atoms with Gasteiger partial charge in [0, 0.05) is 44.2 Å². The Morgan fingerprint density at radius 1 is 1.15 bits per heavy atom. The van der Waals surface area contributed by atoms with Gasteiger partial charge in [-0.1, -0.05) is 32.4 Å². The Morgan fingerprint density at radius 3 is 2.38 bits per heavy atom. The monoisotopic (exact) mass is 357 g/mol. The molecule has 1 heterocycles. The van der Waals surface area contributed by atoms with Gasteiger partial charge in [-0.15, -0.1) is 0 Å². The predicted octanol–water partition coefficient (Wildman–Crippen LogP) is 2.42. The molecule has 1 aliphatic heterocycles. The van der Waals surface area contributed by atoms with Gasteiger partial charge in [0.15, 0.2) is 0 Å². The van der Waals surface area contributed by atoms with Gasteiger partial charge < -0.3 is 10.6 Å². The second kappa shape index (κ2) is 8.21. The smallest absolute Gasteiger partial charge is 0.251 e. The summed E-state index contributed by atoms with van der Waals surface area (Å²) in [5.41, 5.74) is 1.88. The summed E-state index contributed by atoms with van der Waals surface area (Å²) in [6.45, 7) is 7.25. The zero-order chi connectivity index (χ0) is 18.7. The molecular formula is C21H31N3O2. The molecule has 0 aromatic heterocycles. The quantitative estimate of drug-likeness (QED) is 0.822. The Balaban J connectivity index is 1.60. The van der Waals surface area contributed by atoms with E-state index in [1.54, 1.807) is 7.05 Å². The predicted molar refractivity (Wildman–Crippen MR) is 103 cm³/mol. The maximum Gasteiger partial charge on any atom is 0.251 e. The molecule has 2 fully saturated rings. The summed E-state index contributed by atoms with van der Waals surface area (Å²) in [6.07, 6.45) is 3.28. The molecule has 142 valence electrons. The fraction of sp³-hybridized carbons (Fsp3) is 0.619. The SMILES string of the molecule is CNC(=O)c1ccc(CN2C[C@H](NC(=O)C3CCC3)[C@@H](C(C)C)C2)cc1. The third-order valence-electron chi connectivity index (χ3n) is 5.95. The van der Waals surface area contributed by atoms with Crippen LogP contribution in [-0.2, 0) is 11.3 Å². The van der Waals surface area contributed by atoms with Crippen LogP contribution in [0.5, 0.6) is 0 Å². The molecule has 0 bridgehead atoms. The van der Waals surface area contributed by atoms with Crippen molar-refractivity contribution < 1.29 is 9.59 Å². The lowest BCUT2D eigenvalue weighted by Crippen LogP contribution is -2.45. The summed E-state index contributed by atoms with van der Waals surface area (Å²) in [6, 6.07) is 8.04. The normalized spacial score (nSPS) is 23.7. The molecule has 5 heteroatoms. The van der Waals surface area contributed by atoms with Gasteiger partial charge >= 0.3 is 0 Å². The van der Waals surface area contributed by atoms with Crippen LogP contribution < -0.4 is 10.6 Å². The molecule has 26 heavy (non-hydrogen) atoms. The van der Waals surface area contributed by atoms with Gasteiger partial charge in [0.05, 0.1) is 0 Å². The van der Waals surface area contributed by atoms with Crippen molar-refractivity contribution in [2.45, 2.75) is 45.7 Å². The van der Waals surface area contributed by atoms with E-state index in [4.69, 9.17) is 0 Å². The standard InChI is InChI=1S/C21H31N3O2/c1-14(2)18-12-24(13-19(18)23-21(26)16-5-4-6-16)11-15-7-9-17(10-8-15)20(25)22-3/h7-10,14,16,18-19H,4-6,11-13H2,1-3H3,(H,22,25)(H,23,26)/t18-,19+/m1/s1. The van der Waals surface area contributed by atoms with Crippen molar-refractivity contribution in [2.75, 3.05) is 20.1 Å². The van der Waals surface area contributed by atoms with E-state index in [1.165, 1.54) is 12.0 Å². The Kier molecular flexibility index (Phi) is 5.97. The molecule has 2 N–H and O–H groups in total. The molecule has 2 amide bonds. The highest BCUT2D eigenvalue weighted by atomic mass is 16.2. The van der Waals surface area contributed by atoms with Crippen molar-refractivity contribution in [3.05, 3.63) is 35.4 Å². The highest BCUT2D eigenvalue weighted by molar-refractivity contribution is 5.93. The summed E-state index contributed by atoms with van der Waals surface area (Å²) >= 11 is 0. The summed E-state index contributed by atoms with van der Waals surface area (Å²) in [5, 5.41) is 5.97. The first-order valence-electron chi connectivity index (χ1n) is 9.81. The maximum atomic E-state index is 12.4. The van der Waals surface area contributed by atoms with Crippen LogP contribution in [0.2, 0.25) is 0 Å². The van der Waals surface area contributed by atoms with Crippen LogP contribution >= 0.6 is 0 Å². The Hall–Kier alpha value is -1.88. The molecule has 2 aliphatic rings.